The van der Waals surface area contributed by atoms with Gasteiger partial charge in [0, 0.05) is 58.8 Å². The van der Waals surface area contributed by atoms with Gasteiger partial charge in [-0.3, -0.25) is 24.0 Å². The lowest BCUT2D eigenvalue weighted by atomic mass is 9.52. The van der Waals surface area contributed by atoms with E-state index in [1.165, 1.54) is 27.7 Å². The third kappa shape index (κ3) is 5.95. The summed E-state index contributed by atoms with van der Waals surface area (Å²) in [6, 6.07) is 0. The van der Waals surface area contributed by atoms with Crippen molar-refractivity contribution in [3.05, 3.63) is 11.6 Å². The Morgan fingerprint density at radius 1 is 0.867 bits per heavy atom. The topological polar surface area (TPSA) is 170 Å². The van der Waals surface area contributed by atoms with E-state index in [0.717, 1.165) is 0 Å². The van der Waals surface area contributed by atoms with E-state index < -0.39 is 101 Å². The van der Waals surface area contributed by atoms with Gasteiger partial charge in [-0.1, -0.05) is 26.3 Å². The van der Waals surface area contributed by atoms with E-state index >= 15 is 0 Å². The molecule has 0 aromatic rings. The van der Waals surface area contributed by atoms with Crippen LogP contribution in [0.4, 0.5) is 0 Å². The fraction of sp³-hybridized carbons (Fsp3) is 0.750. The smallest absolute Gasteiger partial charge is 0.342 e. The van der Waals surface area contributed by atoms with E-state index in [1.54, 1.807) is 33.8 Å². The van der Waals surface area contributed by atoms with Gasteiger partial charge in [0.25, 0.3) is 0 Å². The zero-order chi connectivity index (χ0) is 33.6. The van der Waals surface area contributed by atoms with Gasteiger partial charge in [-0.2, -0.15) is 0 Å². The van der Waals surface area contributed by atoms with Crippen LogP contribution in [0.5, 0.6) is 0 Å². The van der Waals surface area contributed by atoms with Gasteiger partial charge in [0.1, 0.15) is 30.5 Å². The highest BCUT2D eigenvalue weighted by molar-refractivity contribution is 5.89. The summed E-state index contributed by atoms with van der Waals surface area (Å²) in [7, 11) is 0. The Bertz CT molecular complexity index is 1290. The Morgan fingerprint density at radius 3 is 1.98 bits per heavy atom. The number of fused-ring (bicyclic) bond motifs is 1. The molecule has 3 fully saturated rings. The monoisotopic (exact) mass is 636 g/mol. The average molecular weight is 637 g/mol. The van der Waals surface area contributed by atoms with E-state index in [2.05, 4.69) is 0 Å². The highest BCUT2D eigenvalue weighted by Crippen LogP contribution is 2.66. The molecule has 0 amide bonds. The Morgan fingerprint density at radius 2 is 1.44 bits per heavy atom. The van der Waals surface area contributed by atoms with Gasteiger partial charge in [-0.15, -0.1) is 0 Å². The van der Waals surface area contributed by atoms with Crippen molar-refractivity contribution in [3.8, 4) is 0 Å². The van der Waals surface area contributed by atoms with Crippen LogP contribution in [0.1, 0.15) is 88.0 Å². The van der Waals surface area contributed by atoms with Gasteiger partial charge in [-0.05, 0) is 26.3 Å². The predicted molar refractivity (Wildman–Crippen MR) is 153 cm³/mol. The minimum Gasteiger partial charge on any atom is -0.462 e. The Balaban J connectivity index is 2.06. The van der Waals surface area contributed by atoms with E-state index in [4.69, 9.17) is 33.2 Å². The summed E-state index contributed by atoms with van der Waals surface area (Å²) in [4.78, 5) is 76.9. The van der Waals surface area contributed by atoms with Crippen molar-refractivity contribution in [1.29, 1.82) is 0 Å². The van der Waals surface area contributed by atoms with Crippen LogP contribution in [-0.2, 0) is 61.9 Å². The van der Waals surface area contributed by atoms with Crippen LogP contribution in [-0.4, -0.2) is 83.6 Å². The third-order valence-corrected chi connectivity index (χ3v) is 9.74. The second-order valence-corrected chi connectivity index (χ2v) is 13.0. The van der Waals surface area contributed by atoms with E-state index in [0.29, 0.717) is 12.0 Å². The van der Waals surface area contributed by atoms with Gasteiger partial charge in [0.2, 0.25) is 0 Å². The number of rotatable bonds is 7. The van der Waals surface area contributed by atoms with Crippen molar-refractivity contribution >= 4 is 35.8 Å². The first kappa shape index (κ1) is 34.4. The summed E-state index contributed by atoms with van der Waals surface area (Å²) < 4.78 is 41.9. The van der Waals surface area contributed by atoms with E-state index in [1.807, 2.05) is 6.92 Å². The summed E-state index contributed by atoms with van der Waals surface area (Å²) in [5.41, 5.74) is -3.90. The predicted octanol–water partition coefficient (Wildman–Crippen LogP) is 2.89. The van der Waals surface area contributed by atoms with E-state index in [9.17, 15) is 28.8 Å². The molecule has 0 N–H and O–H groups in total. The van der Waals surface area contributed by atoms with E-state index in [-0.39, 0.29) is 19.3 Å². The van der Waals surface area contributed by atoms with Gasteiger partial charge >= 0.3 is 35.8 Å². The Kier molecular flexibility index (Phi) is 9.46. The van der Waals surface area contributed by atoms with Crippen molar-refractivity contribution in [1.82, 2.24) is 0 Å². The van der Waals surface area contributed by atoms with Crippen molar-refractivity contribution in [2.75, 3.05) is 0 Å². The summed E-state index contributed by atoms with van der Waals surface area (Å²) in [5.74, 6) is -5.49. The van der Waals surface area contributed by atoms with Crippen LogP contribution in [0.3, 0.4) is 0 Å². The van der Waals surface area contributed by atoms with Crippen LogP contribution in [0, 0.1) is 17.3 Å². The number of carbonyl (C=O) groups excluding carboxylic acids is 6. The lowest BCUT2D eigenvalue weighted by Crippen LogP contribution is -2.68. The second kappa shape index (κ2) is 12.4. The number of carbonyl (C=O) groups is 6. The SMILES string of the molecule is CCCC(=O)OC1CC(OC(C)=O)[C@]2(C)C(OC(C)=O)C(OC(C)=O)C/C(C)=C\C3OC(=O)[C@@]4(C)OC34C(OC(C)=O)C2[C@H]1C. The maximum absolute atomic E-state index is 13.3. The van der Waals surface area contributed by atoms with Crippen LogP contribution < -0.4 is 0 Å². The highest BCUT2D eigenvalue weighted by Gasteiger charge is 2.87. The summed E-state index contributed by atoms with van der Waals surface area (Å²) in [5, 5.41) is 0. The number of epoxide rings is 1. The quantitative estimate of drug-likeness (QED) is 0.173. The molecule has 0 aromatic heterocycles. The van der Waals surface area contributed by atoms with Gasteiger partial charge in [-0.25, -0.2) is 4.79 Å². The maximum atomic E-state index is 13.3. The molecule has 250 valence electrons. The van der Waals surface area contributed by atoms with Crippen LogP contribution >= 0.6 is 0 Å². The first-order valence-corrected chi connectivity index (χ1v) is 15.4. The number of hydrogen-bond acceptors (Lipinski definition) is 13. The normalized spacial score (nSPS) is 41.4. The summed E-state index contributed by atoms with van der Waals surface area (Å²) >= 11 is 0. The molecule has 1 spiro atoms. The molecule has 45 heavy (non-hydrogen) atoms. The molecule has 4 aliphatic rings. The maximum Gasteiger partial charge on any atom is 0.342 e. The molecule has 0 aromatic carbocycles. The second-order valence-electron chi connectivity index (χ2n) is 13.0. The van der Waals surface area contributed by atoms with Crippen molar-refractivity contribution in [3.63, 3.8) is 0 Å². The first-order valence-electron chi connectivity index (χ1n) is 15.4. The number of esters is 6. The molecule has 4 rings (SSSR count). The van der Waals surface area contributed by atoms with Crippen molar-refractivity contribution < 1.29 is 61.9 Å². The zero-order valence-electron chi connectivity index (χ0n) is 27.3. The molecule has 2 aliphatic heterocycles. The fourth-order valence-electron chi connectivity index (χ4n) is 7.89. The molecule has 13 nitrogen and oxygen atoms in total. The number of ether oxygens (including phenoxy) is 7. The highest BCUT2D eigenvalue weighted by atomic mass is 16.7. The van der Waals surface area contributed by atoms with Crippen LogP contribution in [0.25, 0.3) is 0 Å². The zero-order valence-corrected chi connectivity index (χ0v) is 27.3. The Hall–Kier alpha value is -3.48. The third-order valence-electron chi connectivity index (χ3n) is 9.74. The minimum atomic E-state index is -1.53. The standard InChI is InChI=1S/C32H44O13/c1-10-11-25(37)43-21-14-23(40-18(5)34)30(8)26(16(21)3)28(42-20(7)36)32-24(44-29(38)31(32,9)45-32)13-15(2)12-22(39-17(4)33)27(30)41-19(6)35/h13,16,21-24,26-28H,10-12,14H2,1-9H3/b15-13-/t16-,21?,22?,23?,24?,26?,27?,28?,30-,31+,32?/m0/s1. The molecule has 2 saturated heterocycles. The van der Waals surface area contributed by atoms with Crippen LogP contribution in [0.2, 0.25) is 0 Å². The number of hydrogen-bond donors (Lipinski definition) is 0. The molecule has 0 radical (unpaired) electrons. The first-order chi connectivity index (χ1) is 20.9. The molecule has 8 unspecified atom stereocenters. The Labute approximate surface area is 262 Å². The minimum absolute atomic E-state index is 0.000641. The average Bonchev–Trinajstić information content (AvgIpc) is 3.49. The fourth-order valence-corrected chi connectivity index (χ4v) is 7.89. The largest absolute Gasteiger partial charge is 0.462 e. The van der Waals surface area contributed by atoms with Gasteiger partial charge < -0.3 is 33.2 Å². The summed E-state index contributed by atoms with van der Waals surface area (Å²) in [6.07, 6.45) is -4.25. The van der Waals surface area contributed by atoms with Crippen molar-refractivity contribution in [2.45, 2.75) is 136 Å². The molecule has 2 heterocycles. The summed E-state index contributed by atoms with van der Waals surface area (Å²) in [6.45, 7) is 13.5. The molecule has 1 saturated carbocycles. The molecule has 0 bridgehead atoms. The van der Waals surface area contributed by atoms with Crippen LogP contribution in [0.15, 0.2) is 11.6 Å². The van der Waals surface area contributed by atoms with Gasteiger partial charge in [0.15, 0.2) is 17.3 Å². The lowest BCUT2D eigenvalue weighted by Gasteiger charge is -2.57. The van der Waals surface area contributed by atoms with Gasteiger partial charge in [0.05, 0.1) is 5.41 Å². The lowest BCUT2D eigenvalue weighted by molar-refractivity contribution is -0.248. The van der Waals surface area contributed by atoms with Crippen molar-refractivity contribution in [2.24, 2.45) is 17.3 Å². The molecule has 11 atom stereocenters. The molecular weight excluding hydrogens is 592 g/mol. The molecular formula is C32H44O13. The molecule has 13 heteroatoms. The molecule has 2 aliphatic carbocycles.